The first kappa shape index (κ1) is 27.5. The van der Waals surface area contributed by atoms with Crippen LogP contribution in [0.2, 0.25) is 5.02 Å². The van der Waals surface area contributed by atoms with Gasteiger partial charge in [-0.25, -0.2) is 8.78 Å². The van der Waals surface area contributed by atoms with Crippen LogP contribution >= 0.6 is 11.6 Å². The highest BCUT2D eigenvalue weighted by molar-refractivity contribution is 6.30. The van der Waals surface area contributed by atoms with E-state index in [0.717, 1.165) is 50.7 Å². The van der Waals surface area contributed by atoms with E-state index in [4.69, 9.17) is 11.6 Å². The molecule has 0 saturated carbocycles. The number of hydrogen-bond donors (Lipinski definition) is 0. The summed E-state index contributed by atoms with van der Waals surface area (Å²) in [4.78, 5) is 31.3. The molecule has 2 heterocycles. The second-order valence-corrected chi connectivity index (χ2v) is 10.8. The first-order valence-electron chi connectivity index (χ1n) is 13.3. The molecule has 2 aromatic carbocycles. The van der Waals surface area contributed by atoms with E-state index < -0.39 is 11.6 Å². The number of anilines is 1. The number of hydrogen-bond acceptors (Lipinski definition) is 3. The number of carbonyl (C=O) groups is 2. The van der Waals surface area contributed by atoms with Crippen LogP contribution < -0.4 is 4.90 Å². The van der Waals surface area contributed by atoms with Gasteiger partial charge in [0, 0.05) is 49.3 Å². The summed E-state index contributed by atoms with van der Waals surface area (Å²) in [5.74, 6) is -0.545. The highest BCUT2D eigenvalue weighted by Gasteiger charge is 2.30. The molecule has 4 rings (SSSR count). The van der Waals surface area contributed by atoms with Crippen LogP contribution in [0.5, 0.6) is 0 Å². The molecule has 0 aliphatic carbocycles. The third-order valence-corrected chi connectivity index (χ3v) is 8.00. The van der Waals surface area contributed by atoms with Crippen LogP contribution in [0.25, 0.3) is 0 Å². The number of piperidine rings is 2. The first-order valence-corrected chi connectivity index (χ1v) is 13.7. The molecule has 0 spiro atoms. The Kier molecular flexibility index (Phi) is 9.54. The van der Waals surface area contributed by atoms with Crippen molar-refractivity contribution in [1.82, 2.24) is 9.80 Å². The predicted molar refractivity (Wildman–Crippen MR) is 143 cm³/mol. The van der Waals surface area contributed by atoms with E-state index in [1.54, 1.807) is 19.1 Å². The number of rotatable bonds is 8. The quantitative estimate of drug-likeness (QED) is 0.448. The van der Waals surface area contributed by atoms with Crippen LogP contribution in [0.1, 0.15) is 44.6 Å². The zero-order chi connectivity index (χ0) is 26.4. The Morgan fingerprint density at radius 2 is 1.73 bits per heavy atom. The van der Waals surface area contributed by atoms with E-state index in [-0.39, 0.29) is 17.7 Å². The van der Waals surface area contributed by atoms with Crippen molar-refractivity contribution >= 4 is 29.1 Å². The van der Waals surface area contributed by atoms with Crippen molar-refractivity contribution in [2.45, 2.75) is 45.4 Å². The van der Waals surface area contributed by atoms with E-state index in [0.29, 0.717) is 55.4 Å². The summed E-state index contributed by atoms with van der Waals surface area (Å²) in [5.41, 5.74) is 1.40. The Morgan fingerprint density at radius 1 is 1.00 bits per heavy atom. The molecule has 0 bridgehead atoms. The highest BCUT2D eigenvalue weighted by Crippen LogP contribution is 2.27. The van der Waals surface area contributed by atoms with Crippen LogP contribution in [0.15, 0.2) is 42.5 Å². The fourth-order valence-corrected chi connectivity index (χ4v) is 5.72. The molecule has 2 aliphatic rings. The second-order valence-electron chi connectivity index (χ2n) is 10.3. The number of benzene rings is 2. The number of amides is 2. The summed E-state index contributed by atoms with van der Waals surface area (Å²) in [6, 6.07) is 11.3. The molecule has 2 amide bonds. The van der Waals surface area contributed by atoms with Crippen molar-refractivity contribution < 1.29 is 18.4 Å². The topological polar surface area (TPSA) is 43.9 Å². The minimum atomic E-state index is -0.539. The fourth-order valence-electron chi connectivity index (χ4n) is 5.54. The van der Waals surface area contributed by atoms with Crippen LogP contribution in [0.3, 0.4) is 0 Å². The highest BCUT2D eigenvalue weighted by atomic mass is 35.5. The Morgan fingerprint density at radius 3 is 2.38 bits per heavy atom. The molecule has 2 fully saturated rings. The molecule has 0 aromatic heterocycles. The zero-order valence-electron chi connectivity index (χ0n) is 21.5. The van der Waals surface area contributed by atoms with Gasteiger partial charge in [-0.05, 0) is 93.9 Å². The molecule has 5 nitrogen and oxygen atoms in total. The molecule has 8 heteroatoms. The summed E-state index contributed by atoms with van der Waals surface area (Å²) in [7, 11) is 0. The number of likely N-dealkylation sites (tertiary alicyclic amines) is 2. The van der Waals surface area contributed by atoms with Gasteiger partial charge in [-0.3, -0.25) is 9.59 Å². The number of halogens is 3. The average Bonchev–Trinajstić information content (AvgIpc) is 2.89. The zero-order valence-corrected chi connectivity index (χ0v) is 22.2. The normalized spacial score (nSPS) is 17.7. The summed E-state index contributed by atoms with van der Waals surface area (Å²) in [6.45, 7) is 6.16. The van der Waals surface area contributed by atoms with Crippen molar-refractivity contribution in [3.8, 4) is 0 Å². The maximum absolute atomic E-state index is 14.0. The van der Waals surface area contributed by atoms with Crippen molar-refractivity contribution in [1.29, 1.82) is 0 Å². The van der Waals surface area contributed by atoms with Gasteiger partial charge < -0.3 is 14.7 Å². The molecule has 0 radical (unpaired) electrons. The summed E-state index contributed by atoms with van der Waals surface area (Å²) < 4.78 is 27.2. The van der Waals surface area contributed by atoms with E-state index in [1.165, 1.54) is 6.07 Å². The van der Waals surface area contributed by atoms with Crippen LogP contribution in [-0.4, -0.2) is 60.9 Å². The van der Waals surface area contributed by atoms with Gasteiger partial charge in [0.2, 0.25) is 11.8 Å². The third kappa shape index (κ3) is 7.51. The Bertz CT molecular complexity index is 1080. The molecule has 2 saturated heterocycles. The van der Waals surface area contributed by atoms with Crippen molar-refractivity contribution in [2.24, 2.45) is 11.8 Å². The smallest absolute Gasteiger partial charge is 0.230 e. The molecule has 2 aliphatic heterocycles. The minimum Gasteiger partial charge on any atom is -0.343 e. The fraction of sp³-hybridized carbons (Fsp3) is 0.517. The molecule has 0 atom stereocenters. The van der Waals surface area contributed by atoms with Crippen molar-refractivity contribution in [2.75, 3.05) is 44.2 Å². The monoisotopic (exact) mass is 531 g/mol. The van der Waals surface area contributed by atoms with Gasteiger partial charge in [-0.1, -0.05) is 23.7 Å². The molecule has 200 valence electrons. The van der Waals surface area contributed by atoms with Gasteiger partial charge in [0.15, 0.2) is 0 Å². The SMILES string of the molecule is CC(=O)N1CCC(C(=O)N(CCCN2CCC(Cc3ccc(F)cc3F)CC2)c2cccc(Cl)c2)CC1. The lowest BCUT2D eigenvalue weighted by Gasteiger charge is -2.35. The summed E-state index contributed by atoms with van der Waals surface area (Å²) in [6.07, 6.45) is 4.78. The Balaban J connectivity index is 1.29. The van der Waals surface area contributed by atoms with E-state index in [2.05, 4.69) is 4.90 Å². The summed E-state index contributed by atoms with van der Waals surface area (Å²) >= 11 is 6.25. The van der Waals surface area contributed by atoms with Crippen molar-refractivity contribution in [3.05, 3.63) is 64.7 Å². The molecular formula is C29H36ClF2N3O2. The molecule has 0 N–H and O–H groups in total. The van der Waals surface area contributed by atoms with E-state index in [1.807, 2.05) is 28.0 Å². The van der Waals surface area contributed by atoms with Gasteiger partial charge >= 0.3 is 0 Å². The van der Waals surface area contributed by atoms with Crippen LogP contribution in [0.4, 0.5) is 14.5 Å². The molecule has 2 aromatic rings. The largest absolute Gasteiger partial charge is 0.343 e. The van der Waals surface area contributed by atoms with Crippen LogP contribution in [0, 0.1) is 23.5 Å². The number of carbonyl (C=O) groups excluding carboxylic acids is 2. The third-order valence-electron chi connectivity index (χ3n) is 7.76. The van der Waals surface area contributed by atoms with E-state index >= 15 is 0 Å². The lowest BCUT2D eigenvalue weighted by atomic mass is 9.90. The minimum absolute atomic E-state index is 0.0594. The predicted octanol–water partition coefficient (Wildman–Crippen LogP) is 5.55. The lowest BCUT2D eigenvalue weighted by Crippen LogP contribution is -2.45. The van der Waals surface area contributed by atoms with Gasteiger partial charge in [-0.2, -0.15) is 0 Å². The molecule has 0 unspecified atom stereocenters. The Hall–Kier alpha value is -2.51. The standard InChI is InChI=1S/C29H36ClF2N3O2/c1-21(36)34-16-10-23(11-17-34)29(37)35(27-5-2-4-25(30)19-27)13-3-12-33-14-8-22(9-15-33)18-24-6-7-26(31)20-28(24)32/h2,4-7,19-20,22-23H,3,8-18H2,1H3. The van der Waals surface area contributed by atoms with Crippen LogP contribution in [-0.2, 0) is 16.0 Å². The maximum atomic E-state index is 14.0. The first-order chi connectivity index (χ1) is 17.8. The lowest BCUT2D eigenvalue weighted by molar-refractivity contribution is -0.133. The average molecular weight is 532 g/mol. The molecule has 37 heavy (non-hydrogen) atoms. The van der Waals surface area contributed by atoms with Gasteiger partial charge in [0.25, 0.3) is 0 Å². The second kappa shape index (κ2) is 12.8. The molecular weight excluding hydrogens is 496 g/mol. The summed E-state index contributed by atoms with van der Waals surface area (Å²) in [5, 5.41) is 0.598. The number of nitrogens with zero attached hydrogens (tertiary/aromatic N) is 3. The van der Waals surface area contributed by atoms with Crippen molar-refractivity contribution in [3.63, 3.8) is 0 Å². The Labute approximate surface area is 223 Å². The van der Waals surface area contributed by atoms with E-state index in [9.17, 15) is 18.4 Å². The van der Waals surface area contributed by atoms with Gasteiger partial charge in [0.1, 0.15) is 11.6 Å². The van der Waals surface area contributed by atoms with Gasteiger partial charge in [-0.15, -0.1) is 0 Å². The maximum Gasteiger partial charge on any atom is 0.230 e. The van der Waals surface area contributed by atoms with Gasteiger partial charge in [0.05, 0.1) is 0 Å².